The molecule has 26 heavy (non-hydrogen) atoms. The van der Waals surface area contributed by atoms with E-state index in [0.29, 0.717) is 0 Å². The smallest absolute Gasteiger partial charge is 0.160 e. The molecular weight excluding hydrogens is 386 g/mol. The Morgan fingerprint density at radius 3 is 2.42 bits per heavy atom. The van der Waals surface area contributed by atoms with Crippen LogP contribution < -0.4 is 0 Å². The first-order valence-electron chi connectivity index (χ1n) is 8.59. The molecule has 2 aromatic heterocycles. The van der Waals surface area contributed by atoms with Crippen molar-refractivity contribution < 1.29 is 0 Å². The highest BCUT2D eigenvalue weighted by Gasteiger charge is 2.15. The lowest BCUT2D eigenvalue weighted by Gasteiger charge is -2.10. The van der Waals surface area contributed by atoms with Gasteiger partial charge in [0.15, 0.2) is 5.65 Å². The standard InChI is InChI=1S/C22H16BrN3/c1-14-6-2-3-7-15(14)13-26-20-11-10-16(23)12-17(20)21-22(26)25-19-9-5-4-8-18(19)24-21/h2-12H,13H2,1H3. The SMILES string of the molecule is Cc1ccccc1Cn1c2ccc(Br)cc2c2nc3ccccc3nc21. The van der Waals surface area contributed by atoms with Crippen LogP contribution in [0.5, 0.6) is 0 Å². The van der Waals surface area contributed by atoms with Crippen LogP contribution in [0.4, 0.5) is 0 Å². The van der Waals surface area contributed by atoms with Gasteiger partial charge < -0.3 is 4.57 Å². The lowest BCUT2D eigenvalue weighted by atomic mass is 10.1. The zero-order chi connectivity index (χ0) is 17.7. The molecule has 0 N–H and O–H groups in total. The van der Waals surface area contributed by atoms with E-state index in [1.54, 1.807) is 0 Å². The van der Waals surface area contributed by atoms with Crippen molar-refractivity contribution in [3.63, 3.8) is 0 Å². The summed E-state index contributed by atoms with van der Waals surface area (Å²) < 4.78 is 3.33. The predicted octanol–water partition coefficient (Wildman–Crippen LogP) is 5.86. The van der Waals surface area contributed by atoms with E-state index in [9.17, 15) is 0 Å². The highest BCUT2D eigenvalue weighted by Crippen LogP contribution is 2.31. The lowest BCUT2D eigenvalue weighted by Crippen LogP contribution is -2.02. The Labute approximate surface area is 159 Å². The van der Waals surface area contributed by atoms with Crippen LogP contribution in [0.3, 0.4) is 0 Å². The fourth-order valence-electron chi connectivity index (χ4n) is 3.52. The summed E-state index contributed by atoms with van der Waals surface area (Å²) >= 11 is 3.60. The molecule has 0 saturated carbocycles. The number of aryl methyl sites for hydroxylation is 1. The molecule has 0 fully saturated rings. The van der Waals surface area contributed by atoms with E-state index in [0.717, 1.165) is 44.1 Å². The van der Waals surface area contributed by atoms with Crippen LogP contribution in [-0.4, -0.2) is 14.5 Å². The van der Waals surface area contributed by atoms with E-state index in [1.165, 1.54) is 11.1 Å². The van der Waals surface area contributed by atoms with E-state index in [4.69, 9.17) is 9.97 Å². The van der Waals surface area contributed by atoms with Gasteiger partial charge in [0.25, 0.3) is 0 Å². The summed E-state index contributed by atoms with van der Waals surface area (Å²) in [7, 11) is 0. The Balaban J connectivity index is 1.87. The Morgan fingerprint density at radius 2 is 1.62 bits per heavy atom. The second-order valence-electron chi connectivity index (χ2n) is 6.56. The molecule has 0 aliphatic heterocycles. The maximum atomic E-state index is 4.96. The number of hydrogen-bond donors (Lipinski definition) is 0. The first kappa shape index (κ1) is 15.5. The monoisotopic (exact) mass is 401 g/mol. The summed E-state index contributed by atoms with van der Waals surface area (Å²) in [5.41, 5.74) is 7.47. The average Bonchev–Trinajstić information content (AvgIpc) is 2.94. The first-order valence-corrected chi connectivity index (χ1v) is 9.39. The van der Waals surface area contributed by atoms with Gasteiger partial charge in [-0.25, -0.2) is 9.97 Å². The fourth-order valence-corrected chi connectivity index (χ4v) is 3.89. The molecule has 0 aliphatic rings. The second-order valence-corrected chi connectivity index (χ2v) is 7.47. The maximum Gasteiger partial charge on any atom is 0.160 e. The third-order valence-corrected chi connectivity index (χ3v) is 5.40. The number of fused-ring (bicyclic) bond motifs is 4. The van der Waals surface area contributed by atoms with Gasteiger partial charge in [-0.15, -0.1) is 0 Å². The molecule has 0 unspecified atom stereocenters. The molecule has 3 nitrogen and oxygen atoms in total. The summed E-state index contributed by atoms with van der Waals surface area (Å²) in [6, 6.07) is 22.9. The molecule has 0 spiro atoms. The molecular formula is C22H16BrN3. The van der Waals surface area contributed by atoms with Crippen LogP contribution in [0.25, 0.3) is 33.1 Å². The molecule has 0 aliphatic carbocycles. The Bertz CT molecular complexity index is 1290. The zero-order valence-electron chi connectivity index (χ0n) is 14.3. The van der Waals surface area contributed by atoms with Gasteiger partial charge in [0.1, 0.15) is 5.52 Å². The molecule has 2 heterocycles. The van der Waals surface area contributed by atoms with Crippen molar-refractivity contribution in [3.05, 3.63) is 82.3 Å². The second kappa shape index (κ2) is 5.92. The molecule has 5 rings (SSSR count). The van der Waals surface area contributed by atoms with Gasteiger partial charge in [-0.1, -0.05) is 52.3 Å². The van der Waals surface area contributed by atoms with Gasteiger partial charge in [-0.2, -0.15) is 0 Å². The van der Waals surface area contributed by atoms with Crippen LogP contribution in [0.1, 0.15) is 11.1 Å². The Kier molecular flexibility index (Phi) is 3.54. The summed E-state index contributed by atoms with van der Waals surface area (Å²) in [6.45, 7) is 2.93. The summed E-state index contributed by atoms with van der Waals surface area (Å²) in [5.74, 6) is 0. The van der Waals surface area contributed by atoms with Gasteiger partial charge >= 0.3 is 0 Å². The summed E-state index contributed by atoms with van der Waals surface area (Å²) in [6.07, 6.45) is 0. The van der Waals surface area contributed by atoms with Crippen LogP contribution in [-0.2, 0) is 6.54 Å². The number of rotatable bonds is 2. The van der Waals surface area contributed by atoms with E-state index in [-0.39, 0.29) is 0 Å². The largest absolute Gasteiger partial charge is 0.319 e. The molecule has 126 valence electrons. The topological polar surface area (TPSA) is 30.7 Å². The van der Waals surface area contributed by atoms with E-state index >= 15 is 0 Å². The van der Waals surface area contributed by atoms with E-state index in [1.807, 2.05) is 24.3 Å². The number of halogens is 1. The van der Waals surface area contributed by atoms with Crippen LogP contribution in [0.15, 0.2) is 71.2 Å². The van der Waals surface area contributed by atoms with Gasteiger partial charge in [0.05, 0.1) is 16.6 Å². The summed E-state index contributed by atoms with van der Waals surface area (Å²) in [4.78, 5) is 9.88. The van der Waals surface area contributed by atoms with Crippen LogP contribution in [0, 0.1) is 6.92 Å². The molecule has 4 heteroatoms. The van der Waals surface area contributed by atoms with Crippen molar-refractivity contribution >= 4 is 49.0 Å². The molecule has 0 saturated heterocycles. The fraction of sp³-hybridized carbons (Fsp3) is 0.0909. The van der Waals surface area contributed by atoms with Crippen molar-refractivity contribution in [1.82, 2.24) is 14.5 Å². The minimum Gasteiger partial charge on any atom is -0.319 e. The summed E-state index contributed by atoms with van der Waals surface area (Å²) in [5, 5.41) is 1.13. The highest BCUT2D eigenvalue weighted by atomic mass is 79.9. The van der Waals surface area contributed by atoms with E-state index < -0.39 is 0 Å². The normalized spacial score (nSPS) is 11.6. The Hall–Kier alpha value is -2.72. The van der Waals surface area contributed by atoms with Crippen LogP contribution >= 0.6 is 15.9 Å². The highest BCUT2D eigenvalue weighted by molar-refractivity contribution is 9.10. The van der Waals surface area contributed by atoms with Crippen molar-refractivity contribution in [2.24, 2.45) is 0 Å². The van der Waals surface area contributed by atoms with Crippen LogP contribution in [0.2, 0.25) is 0 Å². The predicted molar refractivity (Wildman–Crippen MR) is 111 cm³/mol. The first-order chi connectivity index (χ1) is 12.7. The third kappa shape index (κ3) is 2.41. The molecule has 0 bridgehead atoms. The van der Waals surface area contributed by atoms with Crippen molar-refractivity contribution in [1.29, 1.82) is 0 Å². The third-order valence-electron chi connectivity index (χ3n) is 4.90. The molecule has 5 aromatic rings. The number of hydrogen-bond acceptors (Lipinski definition) is 2. The minimum absolute atomic E-state index is 0.779. The minimum atomic E-state index is 0.779. The number of aromatic nitrogens is 3. The van der Waals surface area contributed by atoms with Crippen molar-refractivity contribution in [2.45, 2.75) is 13.5 Å². The lowest BCUT2D eigenvalue weighted by molar-refractivity contribution is 0.850. The average molecular weight is 402 g/mol. The number of para-hydroxylation sites is 2. The van der Waals surface area contributed by atoms with Crippen molar-refractivity contribution in [2.75, 3.05) is 0 Å². The molecule has 3 aromatic carbocycles. The molecule has 0 radical (unpaired) electrons. The van der Waals surface area contributed by atoms with Gasteiger partial charge in [0, 0.05) is 16.4 Å². The molecule has 0 amide bonds. The zero-order valence-corrected chi connectivity index (χ0v) is 15.9. The van der Waals surface area contributed by atoms with E-state index in [2.05, 4.69) is 69.9 Å². The van der Waals surface area contributed by atoms with Gasteiger partial charge in [-0.05, 0) is 48.4 Å². The maximum absolute atomic E-state index is 4.96. The van der Waals surface area contributed by atoms with Crippen molar-refractivity contribution in [3.8, 4) is 0 Å². The quantitative estimate of drug-likeness (QED) is 0.371. The van der Waals surface area contributed by atoms with Gasteiger partial charge in [0.2, 0.25) is 0 Å². The van der Waals surface area contributed by atoms with Gasteiger partial charge in [-0.3, -0.25) is 0 Å². The number of nitrogens with zero attached hydrogens (tertiary/aromatic N) is 3. The number of benzene rings is 3. The Morgan fingerprint density at radius 1 is 0.885 bits per heavy atom. The molecule has 0 atom stereocenters.